The molecule has 0 saturated carbocycles. The van der Waals surface area contributed by atoms with Gasteiger partial charge in [0.05, 0.1) is 25.8 Å². The standard InChI is InChI=1S/C16H22N2O5/c1-16(2,3)23-15(20)18-10-5-6-13-12(7-10)17-9-11(22-13)8-14(19)21-4/h5-7,11,17H,8-9H2,1-4H3,(H,18,20). The van der Waals surface area contributed by atoms with Crippen molar-refractivity contribution in [3.63, 3.8) is 0 Å². The molecule has 2 rings (SSSR count). The Morgan fingerprint density at radius 1 is 1.39 bits per heavy atom. The second kappa shape index (κ2) is 6.76. The van der Waals surface area contributed by atoms with Gasteiger partial charge in [0.2, 0.25) is 0 Å². The van der Waals surface area contributed by atoms with E-state index in [-0.39, 0.29) is 18.5 Å². The van der Waals surface area contributed by atoms with Gasteiger partial charge in [0.1, 0.15) is 17.5 Å². The lowest BCUT2D eigenvalue weighted by Gasteiger charge is -2.27. The van der Waals surface area contributed by atoms with E-state index in [1.807, 2.05) is 0 Å². The third-order valence-corrected chi connectivity index (χ3v) is 3.06. The van der Waals surface area contributed by atoms with E-state index in [0.29, 0.717) is 18.0 Å². The summed E-state index contributed by atoms with van der Waals surface area (Å²) in [7, 11) is 1.35. The van der Waals surface area contributed by atoms with Crippen LogP contribution in [0.1, 0.15) is 27.2 Å². The van der Waals surface area contributed by atoms with Crippen LogP contribution in [0.3, 0.4) is 0 Å². The fraction of sp³-hybridized carbons (Fsp3) is 0.500. The van der Waals surface area contributed by atoms with Crippen molar-refractivity contribution in [2.24, 2.45) is 0 Å². The van der Waals surface area contributed by atoms with Crippen LogP contribution < -0.4 is 15.4 Å². The molecule has 1 aromatic carbocycles. The fourth-order valence-corrected chi connectivity index (χ4v) is 2.10. The average molecular weight is 322 g/mol. The SMILES string of the molecule is COC(=O)CC1CNc2cc(NC(=O)OC(C)(C)C)ccc2O1. The molecule has 0 aromatic heterocycles. The van der Waals surface area contributed by atoms with Gasteiger partial charge >= 0.3 is 12.1 Å². The first kappa shape index (κ1) is 16.9. The number of carbonyl (C=O) groups is 2. The van der Waals surface area contributed by atoms with Crippen LogP contribution in [0.5, 0.6) is 5.75 Å². The zero-order valence-electron chi connectivity index (χ0n) is 13.8. The van der Waals surface area contributed by atoms with E-state index in [4.69, 9.17) is 9.47 Å². The molecule has 1 heterocycles. The van der Waals surface area contributed by atoms with Crippen LogP contribution in [-0.2, 0) is 14.3 Å². The summed E-state index contributed by atoms with van der Waals surface area (Å²) in [6, 6.07) is 5.21. The summed E-state index contributed by atoms with van der Waals surface area (Å²) in [6.45, 7) is 5.89. The third-order valence-electron chi connectivity index (χ3n) is 3.06. The number of nitrogens with one attached hydrogen (secondary N) is 2. The Labute approximate surface area is 135 Å². The molecule has 7 nitrogen and oxygen atoms in total. The molecule has 0 spiro atoms. The molecule has 7 heteroatoms. The number of fused-ring (bicyclic) bond motifs is 1. The van der Waals surface area contributed by atoms with Gasteiger partial charge in [-0.3, -0.25) is 10.1 Å². The molecular formula is C16H22N2O5. The van der Waals surface area contributed by atoms with Crippen molar-refractivity contribution in [2.75, 3.05) is 24.3 Å². The molecule has 1 aliphatic rings. The zero-order chi connectivity index (χ0) is 17.0. The topological polar surface area (TPSA) is 85.9 Å². The largest absolute Gasteiger partial charge is 0.486 e. The van der Waals surface area contributed by atoms with Crippen molar-refractivity contribution in [1.82, 2.24) is 0 Å². The van der Waals surface area contributed by atoms with Gasteiger partial charge in [-0.2, -0.15) is 0 Å². The highest BCUT2D eigenvalue weighted by Crippen LogP contribution is 2.32. The summed E-state index contributed by atoms with van der Waals surface area (Å²) in [6.07, 6.45) is -0.613. The van der Waals surface area contributed by atoms with Crippen molar-refractivity contribution in [3.05, 3.63) is 18.2 Å². The van der Waals surface area contributed by atoms with Gasteiger partial charge in [0.15, 0.2) is 0 Å². The van der Waals surface area contributed by atoms with Gasteiger partial charge in [-0.1, -0.05) is 0 Å². The lowest BCUT2D eigenvalue weighted by Crippen LogP contribution is -2.33. The fourth-order valence-electron chi connectivity index (χ4n) is 2.10. The van der Waals surface area contributed by atoms with Crippen molar-refractivity contribution in [3.8, 4) is 5.75 Å². The Kier molecular flexibility index (Phi) is 4.98. The summed E-state index contributed by atoms with van der Waals surface area (Å²) in [5.74, 6) is 0.309. The second-order valence-corrected chi connectivity index (χ2v) is 6.24. The smallest absolute Gasteiger partial charge is 0.412 e. The van der Waals surface area contributed by atoms with Gasteiger partial charge in [-0.05, 0) is 39.0 Å². The number of methoxy groups -OCH3 is 1. The minimum Gasteiger partial charge on any atom is -0.486 e. The zero-order valence-corrected chi connectivity index (χ0v) is 13.8. The Morgan fingerprint density at radius 3 is 2.78 bits per heavy atom. The Morgan fingerprint density at radius 2 is 2.13 bits per heavy atom. The second-order valence-electron chi connectivity index (χ2n) is 6.24. The average Bonchev–Trinajstić information content (AvgIpc) is 2.45. The third kappa shape index (κ3) is 5.05. The van der Waals surface area contributed by atoms with Crippen molar-refractivity contribution in [1.29, 1.82) is 0 Å². The predicted octanol–water partition coefficient (Wildman–Crippen LogP) is 2.77. The van der Waals surface area contributed by atoms with E-state index in [9.17, 15) is 9.59 Å². The first-order valence-corrected chi connectivity index (χ1v) is 7.38. The Bertz CT molecular complexity index is 595. The number of hydrogen-bond donors (Lipinski definition) is 2. The number of amides is 1. The molecule has 2 N–H and O–H groups in total. The summed E-state index contributed by atoms with van der Waals surface area (Å²) in [5, 5.41) is 5.85. The van der Waals surface area contributed by atoms with E-state index in [1.54, 1.807) is 39.0 Å². The maximum absolute atomic E-state index is 11.8. The summed E-state index contributed by atoms with van der Waals surface area (Å²) in [5.41, 5.74) is 0.793. The molecule has 1 amide bonds. The van der Waals surface area contributed by atoms with Gasteiger partial charge in [0, 0.05) is 5.69 Å². The number of carbonyl (C=O) groups excluding carboxylic acids is 2. The van der Waals surface area contributed by atoms with Crippen molar-refractivity contribution in [2.45, 2.75) is 38.9 Å². The maximum atomic E-state index is 11.8. The number of benzene rings is 1. The van der Waals surface area contributed by atoms with E-state index >= 15 is 0 Å². The van der Waals surface area contributed by atoms with Crippen LogP contribution in [0.25, 0.3) is 0 Å². The molecule has 0 aliphatic carbocycles. The van der Waals surface area contributed by atoms with Gasteiger partial charge in [-0.15, -0.1) is 0 Å². The highest BCUT2D eigenvalue weighted by molar-refractivity contribution is 5.86. The summed E-state index contributed by atoms with van der Waals surface area (Å²) >= 11 is 0. The highest BCUT2D eigenvalue weighted by atomic mass is 16.6. The van der Waals surface area contributed by atoms with E-state index < -0.39 is 11.7 Å². The molecule has 0 fully saturated rings. The molecule has 23 heavy (non-hydrogen) atoms. The number of ether oxygens (including phenoxy) is 3. The van der Waals surface area contributed by atoms with E-state index in [2.05, 4.69) is 15.4 Å². The normalized spacial score (nSPS) is 16.4. The van der Waals surface area contributed by atoms with E-state index in [0.717, 1.165) is 5.69 Å². The predicted molar refractivity (Wildman–Crippen MR) is 85.8 cm³/mol. The molecule has 1 unspecified atom stereocenters. The first-order chi connectivity index (χ1) is 10.8. The van der Waals surface area contributed by atoms with Crippen LogP contribution in [0.2, 0.25) is 0 Å². The molecule has 1 aliphatic heterocycles. The minimum atomic E-state index is -0.555. The lowest BCUT2D eigenvalue weighted by molar-refractivity contribution is -0.142. The van der Waals surface area contributed by atoms with Crippen LogP contribution in [-0.4, -0.2) is 37.4 Å². The first-order valence-electron chi connectivity index (χ1n) is 7.38. The number of hydrogen-bond acceptors (Lipinski definition) is 6. The lowest BCUT2D eigenvalue weighted by atomic mass is 10.1. The molecule has 0 saturated heterocycles. The molecule has 0 bridgehead atoms. The van der Waals surface area contributed by atoms with Crippen molar-refractivity contribution < 1.29 is 23.8 Å². The van der Waals surface area contributed by atoms with Crippen LogP contribution in [0.15, 0.2) is 18.2 Å². The van der Waals surface area contributed by atoms with Gasteiger partial charge < -0.3 is 19.5 Å². The maximum Gasteiger partial charge on any atom is 0.412 e. The Balaban J connectivity index is 1.99. The monoisotopic (exact) mass is 322 g/mol. The number of anilines is 2. The van der Waals surface area contributed by atoms with E-state index in [1.165, 1.54) is 7.11 Å². The molecule has 0 radical (unpaired) electrons. The number of rotatable bonds is 3. The van der Waals surface area contributed by atoms with Crippen LogP contribution in [0, 0.1) is 0 Å². The van der Waals surface area contributed by atoms with Gasteiger partial charge in [0.25, 0.3) is 0 Å². The molecular weight excluding hydrogens is 300 g/mol. The summed E-state index contributed by atoms with van der Waals surface area (Å²) < 4.78 is 15.6. The highest BCUT2D eigenvalue weighted by Gasteiger charge is 2.23. The molecule has 1 atom stereocenters. The molecule has 1 aromatic rings. The quantitative estimate of drug-likeness (QED) is 0.832. The minimum absolute atomic E-state index is 0.181. The molecule has 126 valence electrons. The van der Waals surface area contributed by atoms with Gasteiger partial charge in [-0.25, -0.2) is 4.79 Å². The Hall–Kier alpha value is -2.44. The van der Waals surface area contributed by atoms with Crippen LogP contribution >= 0.6 is 0 Å². The summed E-state index contributed by atoms with van der Waals surface area (Å²) in [4.78, 5) is 23.1. The van der Waals surface area contributed by atoms with Crippen LogP contribution in [0.4, 0.5) is 16.2 Å². The van der Waals surface area contributed by atoms with Crippen molar-refractivity contribution >= 4 is 23.4 Å². The number of esters is 1.